The van der Waals surface area contributed by atoms with Crippen LogP contribution in [0.4, 0.5) is 0 Å². The Hall–Kier alpha value is -10.3. The second-order valence-electron chi connectivity index (χ2n) is 24.7. The summed E-state index contributed by atoms with van der Waals surface area (Å²) in [5.74, 6) is 5.73. The van der Waals surface area contributed by atoms with Crippen molar-refractivity contribution in [3.8, 4) is 69.0 Å². The molecule has 0 unspecified atom stereocenters. The number of rotatable bonds is 24. The third-order valence-electron chi connectivity index (χ3n) is 14.9. The molecule has 12 aromatic rings. The zero-order valence-electron chi connectivity index (χ0n) is 60.6. The van der Waals surface area contributed by atoms with Crippen LogP contribution in [0, 0.1) is 83.1 Å². The van der Waals surface area contributed by atoms with Gasteiger partial charge in [-0.1, -0.05) is 212 Å². The van der Waals surface area contributed by atoms with Gasteiger partial charge in [-0.3, -0.25) is 0 Å². The molecule has 0 spiro atoms. The van der Waals surface area contributed by atoms with Crippen molar-refractivity contribution in [2.45, 2.75) is 83.1 Å². The maximum absolute atomic E-state index is 11.0. The Morgan fingerprint density at radius 3 is 0.248 bits per heavy atom. The molecule has 0 aliphatic carbocycles. The predicted molar refractivity (Wildman–Crippen MR) is 417 cm³/mol. The molecule has 0 aliphatic heterocycles. The first-order chi connectivity index (χ1) is 49.7. The van der Waals surface area contributed by atoms with Gasteiger partial charge in [-0.2, -0.15) is 0 Å². The molecule has 0 saturated heterocycles. The smallest absolute Gasteiger partial charge is 0.344 e. The topological polar surface area (TPSA) is 196 Å². The molecule has 0 bridgehead atoms. The Bertz CT molecular complexity index is 3750. The van der Waals surface area contributed by atoms with E-state index in [-0.39, 0.29) is 17.4 Å². The first-order valence-corrected chi connectivity index (χ1v) is 39.3. The van der Waals surface area contributed by atoms with Crippen LogP contribution in [-0.2, 0) is 17.4 Å². The summed E-state index contributed by atoms with van der Waals surface area (Å²) in [5, 5.41) is 0. The van der Waals surface area contributed by atoms with Gasteiger partial charge in [0.1, 0.15) is 69.0 Å². The van der Waals surface area contributed by atoms with E-state index in [1.165, 1.54) is 0 Å². The molecule has 0 saturated carbocycles. The van der Waals surface area contributed by atoms with E-state index in [0.717, 1.165) is 66.8 Å². The fourth-order valence-corrected chi connectivity index (χ4v) is 14.1. The zero-order valence-corrected chi connectivity index (χ0v) is 65.5. The van der Waals surface area contributed by atoms with E-state index in [2.05, 4.69) is 0 Å². The second-order valence-corrected chi connectivity index (χ2v) is 30.7. The van der Waals surface area contributed by atoms with Crippen LogP contribution >= 0.6 is 31.3 Å². The Balaban J connectivity index is 0.000000176. The summed E-state index contributed by atoms with van der Waals surface area (Å²) < 4.78 is 113. The molecule has 0 atom stereocenters. The number of hydrogen-bond acceptors (Lipinski definition) is 12. The average Bonchev–Trinajstić information content (AvgIpc) is 0.843. The third kappa shape index (κ3) is 27.4. The molecular formula is C84H88CrO16P4+7. The summed E-state index contributed by atoms with van der Waals surface area (Å²) in [6.07, 6.45) is 0. The summed E-state index contributed by atoms with van der Waals surface area (Å²) in [7, 11) is -14.7. The summed E-state index contributed by atoms with van der Waals surface area (Å²) >= 11 is 0. The SMILES string of the molecule is Cc1ccc(OP(=[OH+])(Oc2ccc(C)cc2)Oc2ccc(C)cc2)cc1.Cc1ccc(OP(=[OH+])(Oc2ccc(C)cc2)Oc2ccc(C)cc2)cc1.Cc1ccc(OP(=[OH+])(Oc2ccc(C)cc2)Oc2ccc(C)cc2)cc1.Cc1ccc(OP(=[OH+])(Oc2ccc(C)cc2)Oc2ccc(C)cc2)cc1.[Cr+3]. The van der Waals surface area contributed by atoms with Gasteiger partial charge in [0, 0.05) is 0 Å². The van der Waals surface area contributed by atoms with E-state index < -0.39 is 31.3 Å². The van der Waals surface area contributed by atoms with E-state index in [1.807, 2.05) is 229 Å². The van der Waals surface area contributed by atoms with Gasteiger partial charge in [-0.15, -0.1) is 0 Å². The van der Waals surface area contributed by atoms with Crippen LogP contribution in [0.15, 0.2) is 291 Å². The van der Waals surface area contributed by atoms with E-state index in [9.17, 15) is 18.3 Å². The van der Waals surface area contributed by atoms with Crippen molar-refractivity contribution in [3.05, 3.63) is 358 Å². The Morgan fingerprint density at radius 2 is 0.190 bits per heavy atom. The first-order valence-electron chi connectivity index (χ1n) is 33.3. The van der Waals surface area contributed by atoms with E-state index in [0.29, 0.717) is 69.0 Å². The molecule has 4 N–H and O–H groups in total. The minimum atomic E-state index is -3.68. The number of hydrogen-bond donors (Lipinski definition) is 0. The van der Waals surface area contributed by atoms with Gasteiger partial charge < -0.3 is 54.3 Å². The van der Waals surface area contributed by atoms with Gasteiger partial charge in [0.25, 0.3) is 0 Å². The van der Waals surface area contributed by atoms with E-state index in [1.54, 1.807) is 146 Å². The van der Waals surface area contributed by atoms with E-state index >= 15 is 0 Å². The van der Waals surface area contributed by atoms with E-state index in [4.69, 9.17) is 54.3 Å². The van der Waals surface area contributed by atoms with Crippen LogP contribution in [0.5, 0.6) is 69.0 Å². The van der Waals surface area contributed by atoms with Crippen LogP contribution in [0.25, 0.3) is 0 Å². The Kier molecular flexibility index (Phi) is 29.0. The van der Waals surface area contributed by atoms with Crippen molar-refractivity contribution in [1.82, 2.24) is 0 Å². The minimum Gasteiger partial charge on any atom is -0.344 e. The van der Waals surface area contributed by atoms with Crippen LogP contribution in [0.2, 0.25) is 0 Å². The summed E-state index contributed by atoms with van der Waals surface area (Å²) in [5.41, 5.74) is 13.1. The van der Waals surface area contributed by atoms with Crippen LogP contribution < -0.4 is 54.3 Å². The molecule has 16 nitrogen and oxygen atoms in total. The predicted octanol–water partition coefficient (Wildman–Crippen LogP) is 24.8. The normalized spacial score (nSPS) is 10.9. The molecule has 0 heterocycles. The second kappa shape index (κ2) is 37.9. The molecule has 21 heteroatoms. The monoisotopic (exact) mass is 1530 g/mol. The zero-order chi connectivity index (χ0) is 74.3. The van der Waals surface area contributed by atoms with Crippen molar-refractivity contribution in [2.24, 2.45) is 0 Å². The van der Waals surface area contributed by atoms with Crippen LogP contribution in [0.1, 0.15) is 66.8 Å². The van der Waals surface area contributed by atoms with Gasteiger partial charge in [-0.25, -0.2) is 18.3 Å². The molecule has 0 fully saturated rings. The maximum Gasteiger partial charge on any atom is 3.00 e. The number of aryl methyl sites for hydroxylation is 12. The van der Waals surface area contributed by atoms with Gasteiger partial charge in [0.2, 0.25) is 0 Å². The van der Waals surface area contributed by atoms with Crippen LogP contribution in [0.3, 0.4) is 0 Å². The quantitative estimate of drug-likeness (QED) is 0.0411. The fourth-order valence-electron chi connectivity index (χ4n) is 9.01. The molecule has 105 heavy (non-hydrogen) atoms. The summed E-state index contributed by atoms with van der Waals surface area (Å²) in [4.78, 5) is 0. The molecule has 539 valence electrons. The minimum absolute atomic E-state index is 0. The van der Waals surface area contributed by atoms with Crippen LogP contribution in [-0.4, -0.2) is 18.3 Å². The fraction of sp³-hybridized carbons (Fsp3) is 0.143. The Morgan fingerprint density at radius 1 is 0.133 bits per heavy atom. The first kappa shape index (κ1) is 80.4. The third-order valence-corrected chi connectivity index (χ3v) is 20.2. The largest absolute Gasteiger partial charge is 3.00 e. The number of benzene rings is 12. The maximum atomic E-state index is 11.0. The molecule has 12 aromatic carbocycles. The van der Waals surface area contributed by atoms with Crippen molar-refractivity contribution in [2.75, 3.05) is 0 Å². The van der Waals surface area contributed by atoms with Gasteiger partial charge in [0.05, 0.1) is 0 Å². The molecule has 0 aliphatic rings. The standard InChI is InChI=1S/4C21H21O4P.Cr/c4*1-16-4-10-19(11-5-16)23-26(22,24-20-12-6-17(2)7-13-20)25-21-14-8-18(3)9-15-21;/h4*4-15H,1-3H3;/q;;;;+3/p+4. The van der Waals surface area contributed by atoms with Gasteiger partial charge in [0.15, 0.2) is 0 Å². The Labute approximate surface area is 627 Å². The molecule has 0 aromatic heterocycles. The molecule has 12 rings (SSSR count). The van der Waals surface area contributed by atoms with Crippen molar-refractivity contribution in [1.29, 1.82) is 0 Å². The molecule has 1 radical (unpaired) electrons. The molecular weight excluding hydrogens is 1440 g/mol. The van der Waals surface area contributed by atoms with Crippen molar-refractivity contribution < 1.29 is 89.9 Å². The summed E-state index contributed by atoms with van der Waals surface area (Å²) in [6.45, 7) is 23.8. The average molecular weight is 1530 g/mol. The molecule has 0 amide bonds. The van der Waals surface area contributed by atoms with Crippen molar-refractivity contribution >= 4 is 31.3 Å². The van der Waals surface area contributed by atoms with Gasteiger partial charge >= 0.3 is 48.7 Å². The summed E-state index contributed by atoms with van der Waals surface area (Å²) in [6, 6.07) is 88.2. The van der Waals surface area contributed by atoms with Gasteiger partial charge in [-0.05, 0) is 229 Å². The van der Waals surface area contributed by atoms with Crippen molar-refractivity contribution in [3.63, 3.8) is 0 Å².